The first-order valence-electron chi connectivity index (χ1n) is 8.54. The van der Waals surface area contributed by atoms with E-state index in [0.717, 1.165) is 5.56 Å². The average molecular weight is 372 g/mol. The van der Waals surface area contributed by atoms with E-state index in [9.17, 15) is 4.79 Å². The van der Waals surface area contributed by atoms with Crippen molar-refractivity contribution in [1.82, 2.24) is 15.1 Å². The van der Waals surface area contributed by atoms with Crippen molar-refractivity contribution in [2.24, 2.45) is 0 Å². The molecule has 0 aliphatic heterocycles. The lowest BCUT2D eigenvalue weighted by atomic mass is 10.1. The van der Waals surface area contributed by atoms with Crippen molar-refractivity contribution in [2.75, 3.05) is 12.4 Å². The molecule has 0 atom stereocenters. The van der Waals surface area contributed by atoms with Crippen LogP contribution in [0.4, 0.5) is 5.69 Å². The van der Waals surface area contributed by atoms with E-state index < -0.39 is 0 Å². The van der Waals surface area contributed by atoms with Crippen LogP contribution >= 0.6 is 0 Å². The minimum atomic E-state index is -0.295. The van der Waals surface area contributed by atoms with E-state index >= 15 is 0 Å². The largest absolute Gasteiger partial charge is 0.496 e. The Bertz CT molecular complexity index is 1110. The van der Waals surface area contributed by atoms with Gasteiger partial charge in [0.25, 0.3) is 11.8 Å². The van der Waals surface area contributed by atoms with E-state index in [-0.39, 0.29) is 5.91 Å². The fraction of sp³-hybridized carbons (Fsp3) is 0.0476. The maximum atomic E-state index is 12.7. The number of benzene rings is 2. The number of nitrogens with zero attached hydrogens (tertiary/aromatic N) is 3. The molecule has 0 spiro atoms. The molecule has 0 saturated carbocycles. The molecule has 4 rings (SSSR count). The van der Waals surface area contributed by atoms with Crippen LogP contribution in [0.2, 0.25) is 0 Å². The fourth-order valence-corrected chi connectivity index (χ4v) is 2.75. The molecule has 0 fully saturated rings. The van der Waals surface area contributed by atoms with Gasteiger partial charge in [-0.15, -0.1) is 0 Å². The number of anilines is 1. The van der Waals surface area contributed by atoms with Crippen molar-refractivity contribution in [3.8, 4) is 28.6 Å². The van der Waals surface area contributed by atoms with Gasteiger partial charge in [0.2, 0.25) is 5.82 Å². The first kappa shape index (κ1) is 17.4. The van der Waals surface area contributed by atoms with Gasteiger partial charge in [-0.1, -0.05) is 29.4 Å². The number of rotatable bonds is 5. The molecule has 0 unspecified atom stereocenters. The van der Waals surface area contributed by atoms with E-state index in [1.54, 1.807) is 48.8 Å². The van der Waals surface area contributed by atoms with Crippen molar-refractivity contribution < 1.29 is 14.1 Å². The SMILES string of the molecule is COc1ccccc1C(=O)Nc1ccccc1-c1nc(-c2cccnc2)no1. The van der Waals surface area contributed by atoms with Gasteiger partial charge in [-0.05, 0) is 36.4 Å². The summed E-state index contributed by atoms with van der Waals surface area (Å²) in [7, 11) is 1.53. The third-order valence-electron chi connectivity index (χ3n) is 4.10. The number of hydrogen-bond donors (Lipinski definition) is 1. The van der Waals surface area contributed by atoms with Crippen LogP contribution in [0.1, 0.15) is 10.4 Å². The second-order valence-electron chi connectivity index (χ2n) is 5.86. The first-order valence-corrected chi connectivity index (χ1v) is 8.54. The fourth-order valence-electron chi connectivity index (χ4n) is 2.75. The van der Waals surface area contributed by atoms with Crippen molar-refractivity contribution >= 4 is 11.6 Å². The van der Waals surface area contributed by atoms with Crippen LogP contribution in [0.15, 0.2) is 77.6 Å². The van der Waals surface area contributed by atoms with Gasteiger partial charge in [0.15, 0.2) is 0 Å². The van der Waals surface area contributed by atoms with E-state index in [2.05, 4.69) is 20.4 Å². The molecule has 138 valence electrons. The second-order valence-corrected chi connectivity index (χ2v) is 5.86. The van der Waals surface area contributed by atoms with Crippen molar-refractivity contribution in [3.63, 3.8) is 0 Å². The maximum absolute atomic E-state index is 12.7. The smallest absolute Gasteiger partial charge is 0.260 e. The summed E-state index contributed by atoms with van der Waals surface area (Å²) in [6, 6.07) is 17.9. The molecule has 2 heterocycles. The van der Waals surface area contributed by atoms with Crippen LogP contribution in [0.3, 0.4) is 0 Å². The third kappa shape index (κ3) is 3.45. The molecule has 1 N–H and O–H groups in total. The minimum absolute atomic E-state index is 0.295. The van der Waals surface area contributed by atoms with Crippen molar-refractivity contribution in [3.05, 3.63) is 78.6 Å². The van der Waals surface area contributed by atoms with Crippen molar-refractivity contribution in [1.29, 1.82) is 0 Å². The molecule has 0 aliphatic rings. The van der Waals surface area contributed by atoms with Gasteiger partial charge in [-0.3, -0.25) is 9.78 Å². The molecule has 2 aromatic heterocycles. The van der Waals surface area contributed by atoms with Crippen LogP contribution in [-0.4, -0.2) is 28.1 Å². The molecule has 7 nitrogen and oxygen atoms in total. The maximum Gasteiger partial charge on any atom is 0.260 e. The molecule has 7 heteroatoms. The quantitative estimate of drug-likeness (QED) is 0.568. The molecular formula is C21H16N4O3. The normalized spacial score (nSPS) is 10.5. The molecule has 0 aliphatic carbocycles. The number of carbonyl (C=O) groups excluding carboxylic acids is 1. The molecule has 0 bridgehead atoms. The Kier molecular flexibility index (Phi) is 4.79. The van der Waals surface area contributed by atoms with Gasteiger partial charge in [0.1, 0.15) is 5.75 Å². The van der Waals surface area contributed by atoms with Crippen LogP contribution in [-0.2, 0) is 0 Å². The Morgan fingerprint density at radius 2 is 1.86 bits per heavy atom. The summed E-state index contributed by atoms with van der Waals surface area (Å²) >= 11 is 0. The third-order valence-corrected chi connectivity index (χ3v) is 4.10. The highest BCUT2D eigenvalue weighted by Crippen LogP contribution is 2.29. The lowest BCUT2D eigenvalue weighted by Gasteiger charge is -2.11. The summed E-state index contributed by atoms with van der Waals surface area (Å²) < 4.78 is 10.7. The van der Waals surface area contributed by atoms with Crippen molar-refractivity contribution in [2.45, 2.75) is 0 Å². The predicted octanol–water partition coefficient (Wildman–Crippen LogP) is 4.06. The van der Waals surface area contributed by atoms with Gasteiger partial charge in [-0.25, -0.2) is 0 Å². The number of aromatic nitrogens is 3. The molecular weight excluding hydrogens is 356 g/mol. The topological polar surface area (TPSA) is 90.1 Å². The zero-order valence-electron chi connectivity index (χ0n) is 15.0. The van der Waals surface area contributed by atoms with E-state index in [1.807, 2.05) is 24.3 Å². The Morgan fingerprint density at radius 3 is 2.68 bits per heavy atom. The van der Waals surface area contributed by atoms with Gasteiger partial charge in [0, 0.05) is 18.0 Å². The zero-order valence-corrected chi connectivity index (χ0v) is 15.0. The number of pyridine rings is 1. The van der Waals surface area contributed by atoms with Gasteiger partial charge in [-0.2, -0.15) is 4.98 Å². The van der Waals surface area contributed by atoms with Gasteiger partial charge >= 0.3 is 0 Å². The van der Waals surface area contributed by atoms with Crippen LogP contribution in [0, 0.1) is 0 Å². The van der Waals surface area contributed by atoms with Crippen LogP contribution in [0.5, 0.6) is 5.75 Å². The van der Waals surface area contributed by atoms with Gasteiger partial charge in [0.05, 0.1) is 23.9 Å². The lowest BCUT2D eigenvalue weighted by molar-refractivity contribution is 0.102. The van der Waals surface area contributed by atoms with Gasteiger partial charge < -0.3 is 14.6 Å². The first-order chi connectivity index (χ1) is 13.8. The molecule has 28 heavy (non-hydrogen) atoms. The minimum Gasteiger partial charge on any atom is -0.496 e. The number of ether oxygens (including phenoxy) is 1. The Morgan fingerprint density at radius 1 is 1.04 bits per heavy atom. The second kappa shape index (κ2) is 7.71. The molecule has 2 aromatic carbocycles. The summed E-state index contributed by atoms with van der Waals surface area (Å²) in [6.07, 6.45) is 3.33. The summed E-state index contributed by atoms with van der Waals surface area (Å²) in [5.41, 5.74) is 2.35. The van der Waals surface area contributed by atoms with E-state index in [0.29, 0.717) is 34.3 Å². The van der Waals surface area contributed by atoms with E-state index in [4.69, 9.17) is 9.26 Å². The van der Waals surface area contributed by atoms with Crippen LogP contribution < -0.4 is 10.1 Å². The number of nitrogens with one attached hydrogen (secondary N) is 1. The highest BCUT2D eigenvalue weighted by molar-refractivity contribution is 6.07. The lowest BCUT2D eigenvalue weighted by Crippen LogP contribution is -2.13. The number of methoxy groups -OCH3 is 1. The highest BCUT2D eigenvalue weighted by Gasteiger charge is 2.17. The average Bonchev–Trinajstić information content (AvgIpc) is 3.25. The summed E-state index contributed by atoms with van der Waals surface area (Å²) in [4.78, 5) is 21.2. The summed E-state index contributed by atoms with van der Waals surface area (Å²) in [5.74, 6) is 0.926. The highest BCUT2D eigenvalue weighted by atomic mass is 16.5. The van der Waals surface area contributed by atoms with E-state index in [1.165, 1.54) is 7.11 Å². The number of hydrogen-bond acceptors (Lipinski definition) is 6. The Labute approximate surface area is 161 Å². The standard InChI is InChI=1S/C21H16N4O3/c1-27-18-11-5-3-9-16(18)20(26)23-17-10-4-2-8-15(17)21-24-19(25-28-21)14-7-6-12-22-13-14/h2-13H,1H3,(H,23,26). The number of amides is 1. The summed E-state index contributed by atoms with van der Waals surface area (Å²) in [6.45, 7) is 0. The number of para-hydroxylation sites is 2. The Hall–Kier alpha value is -4.00. The Balaban J connectivity index is 1.65. The predicted molar refractivity (Wildman–Crippen MR) is 104 cm³/mol. The molecule has 1 amide bonds. The number of carbonyl (C=O) groups is 1. The monoisotopic (exact) mass is 372 g/mol. The molecule has 0 saturated heterocycles. The molecule has 0 radical (unpaired) electrons. The zero-order chi connectivity index (χ0) is 19.3. The summed E-state index contributed by atoms with van der Waals surface area (Å²) in [5, 5.41) is 6.90. The molecule has 4 aromatic rings. The van der Waals surface area contributed by atoms with Crippen LogP contribution in [0.25, 0.3) is 22.8 Å².